The normalized spacial score (nSPS) is 20.4. The molecule has 1 amide bonds. The van der Waals surface area contributed by atoms with E-state index in [2.05, 4.69) is 29.6 Å². The lowest BCUT2D eigenvalue weighted by molar-refractivity contribution is -0.131. The van der Waals surface area contributed by atoms with Crippen LogP contribution in [0.5, 0.6) is 5.75 Å². The number of ether oxygens (including phenoxy) is 2. The van der Waals surface area contributed by atoms with E-state index in [4.69, 9.17) is 14.6 Å². The summed E-state index contributed by atoms with van der Waals surface area (Å²) in [4.78, 5) is 23.7. The molecule has 30 heavy (non-hydrogen) atoms. The molecule has 1 saturated heterocycles. The number of hydrogen-bond acceptors (Lipinski definition) is 4. The molecule has 6 heteroatoms. The lowest BCUT2D eigenvalue weighted by Gasteiger charge is -2.27. The monoisotopic (exact) mass is 409 g/mol. The lowest BCUT2D eigenvalue weighted by Crippen LogP contribution is -2.44. The van der Waals surface area contributed by atoms with E-state index >= 15 is 0 Å². The van der Waals surface area contributed by atoms with Gasteiger partial charge in [0.25, 0.3) is 0 Å². The molecule has 4 rings (SSSR count). The number of carboxylic acids is 1. The summed E-state index contributed by atoms with van der Waals surface area (Å²) in [5.74, 6) is 0.114. The van der Waals surface area contributed by atoms with E-state index in [-0.39, 0.29) is 17.5 Å². The molecule has 3 atom stereocenters. The van der Waals surface area contributed by atoms with E-state index in [0.717, 1.165) is 18.4 Å². The summed E-state index contributed by atoms with van der Waals surface area (Å²) in [6.45, 7) is 2.53. The fourth-order valence-corrected chi connectivity index (χ4v) is 3.83. The second-order valence-corrected chi connectivity index (χ2v) is 8.11. The molecule has 1 heterocycles. The van der Waals surface area contributed by atoms with Crippen LogP contribution < -0.4 is 10.1 Å². The maximum atomic E-state index is 12.6. The lowest BCUT2D eigenvalue weighted by atomic mass is 10.00. The van der Waals surface area contributed by atoms with E-state index in [0.29, 0.717) is 18.3 Å². The van der Waals surface area contributed by atoms with Gasteiger partial charge >= 0.3 is 5.97 Å². The van der Waals surface area contributed by atoms with Crippen LogP contribution in [0.3, 0.4) is 0 Å². The molecule has 1 saturated carbocycles. The molecule has 6 nitrogen and oxygen atoms in total. The van der Waals surface area contributed by atoms with Crippen LogP contribution in [-0.2, 0) is 9.53 Å². The van der Waals surface area contributed by atoms with Gasteiger partial charge in [-0.2, -0.15) is 0 Å². The van der Waals surface area contributed by atoms with Gasteiger partial charge in [-0.3, -0.25) is 4.79 Å². The largest absolute Gasteiger partial charge is 0.484 e. The quantitative estimate of drug-likeness (QED) is 0.687. The number of nitrogens with one attached hydrogen (secondary N) is 1. The third kappa shape index (κ3) is 4.82. The molecule has 0 radical (unpaired) electrons. The Morgan fingerprint density at radius 1 is 1.07 bits per heavy atom. The Morgan fingerprint density at radius 3 is 2.33 bits per heavy atom. The van der Waals surface area contributed by atoms with Gasteiger partial charge in [0.2, 0.25) is 5.91 Å². The van der Waals surface area contributed by atoms with E-state index < -0.39 is 18.2 Å². The van der Waals surface area contributed by atoms with Crippen LogP contribution >= 0.6 is 0 Å². The molecule has 0 bridgehead atoms. The average molecular weight is 409 g/mol. The number of carboxylic acid groups (broad SMARTS) is 1. The van der Waals surface area contributed by atoms with Crippen LogP contribution in [0.25, 0.3) is 0 Å². The minimum Gasteiger partial charge on any atom is -0.484 e. The van der Waals surface area contributed by atoms with Gasteiger partial charge in [-0.05, 0) is 73.9 Å². The molecule has 1 aliphatic heterocycles. The number of hydrogen-bond donors (Lipinski definition) is 2. The summed E-state index contributed by atoms with van der Waals surface area (Å²) in [5.41, 5.74) is 2.49. The zero-order valence-corrected chi connectivity index (χ0v) is 17.0. The Labute approximate surface area is 176 Å². The predicted octanol–water partition coefficient (Wildman–Crippen LogP) is 4.07. The Balaban J connectivity index is 1.53. The van der Waals surface area contributed by atoms with Crippen molar-refractivity contribution in [3.05, 3.63) is 65.2 Å². The Kier molecular flexibility index (Phi) is 6.04. The Hall–Kier alpha value is -2.86. The van der Waals surface area contributed by atoms with Gasteiger partial charge in [0.15, 0.2) is 0 Å². The number of amides is 1. The first kappa shape index (κ1) is 20.4. The number of aromatic carboxylic acids is 1. The van der Waals surface area contributed by atoms with E-state index in [9.17, 15) is 9.59 Å². The minimum absolute atomic E-state index is 0.121. The van der Waals surface area contributed by atoms with E-state index in [1.54, 1.807) is 12.1 Å². The van der Waals surface area contributed by atoms with Crippen molar-refractivity contribution in [1.82, 2.24) is 5.32 Å². The summed E-state index contributed by atoms with van der Waals surface area (Å²) in [6, 6.07) is 14.4. The van der Waals surface area contributed by atoms with Gasteiger partial charge in [0.1, 0.15) is 18.0 Å². The molecule has 1 aliphatic carbocycles. The summed E-state index contributed by atoms with van der Waals surface area (Å²) in [7, 11) is 0. The molecule has 2 aromatic carbocycles. The first-order valence-corrected chi connectivity index (χ1v) is 10.5. The van der Waals surface area contributed by atoms with Crippen molar-refractivity contribution in [3.8, 4) is 5.75 Å². The summed E-state index contributed by atoms with van der Waals surface area (Å²) in [5, 5.41) is 12.1. The highest BCUT2D eigenvalue weighted by molar-refractivity contribution is 5.87. The molecule has 0 spiro atoms. The Bertz CT molecular complexity index is 883. The van der Waals surface area contributed by atoms with Crippen molar-refractivity contribution in [1.29, 1.82) is 0 Å². The average Bonchev–Trinajstić information content (AvgIpc) is 3.45. The van der Waals surface area contributed by atoms with Crippen molar-refractivity contribution < 1.29 is 24.2 Å². The molecule has 2 aromatic rings. The van der Waals surface area contributed by atoms with Gasteiger partial charge in [-0.15, -0.1) is 0 Å². The number of benzene rings is 2. The minimum atomic E-state index is -0.981. The molecule has 0 aromatic heterocycles. The fraction of sp³-hybridized carbons (Fsp3) is 0.417. The van der Waals surface area contributed by atoms with Crippen LogP contribution in [0.2, 0.25) is 0 Å². The SMILES string of the molecule is C[C@H](NC(=O)[C@@H]1CCCO1)[C@H](Oc1ccc(C(=O)O)cc1)c1ccc(C2CC2)cc1. The third-order valence-electron chi connectivity index (χ3n) is 5.72. The number of carbonyl (C=O) groups is 2. The van der Waals surface area contributed by atoms with Gasteiger partial charge in [0, 0.05) is 6.61 Å². The van der Waals surface area contributed by atoms with Crippen molar-refractivity contribution in [3.63, 3.8) is 0 Å². The standard InChI is InChI=1S/C24H27NO5/c1-15(25-23(26)21-3-2-14-29-21)22(18-8-6-17(7-9-18)16-4-5-16)30-20-12-10-19(11-13-20)24(27)28/h6-13,15-16,21-22H,2-5,14H2,1H3,(H,25,26)(H,27,28)/t15-,21-,22-/m0/s1. The molecule has 158 valence electrons. The maximum Gasteiger partial charge on any atom is 0.335 e. The predicted molar refractivity (Wildman–Crippen MR) is 112 cm³/mol. The van der Waals surface area contributed by atoms with Crippen molar-refractivity contribution in [2.24, 2.45) is 0 Å². The van der Waals surface area contributed by atoms with Crippen LogP contribution in [0, 0.1) is 0 Å². The van der Waals surface area contributed by atoms with Crippen LogP contribution in [0.15, 0.2) is 48.5 Å². The highest BCUT2D eigenvalue weighted by Crippen LogP contribution is 2.40. The van der Waals surface area contributed by atoms with Crippen molar-refractivity contribution in [2.75, 3.05) is 6.61 Å². The summed E-state index contributed by atoms with van der Waals surface area (Å²) in [6.07, 6.45) is 3.29. The fourth-order valence-electron chi connectivity index (χ4n) is 3.83. The van der Waals surface area contributed by atoms with Gasteiger partial charge in [0.05, 0.1) is 11.6 Å². The molecule has 0 unspecified atom stereocenters. The van der Waals surface area contributed by atoms with Crippen LogP contribution in [0.4, 0.5) is 0 Å². The van der Waals surface area contributed by atoms with Crippen LogP contribution in [0.1, 0.15) is 66.1 Å². The second-order valence-electron chi connectivity index (χ2n) is 8.11. The zero-order chi connectivity index (χ0) is 21.1. The topological polar surface area (TPSA) is 84.9 Å². The van der Waals surface area contributed by atoms with Gasteiger partial charge in [-0.25, -0.2) is 4.79 Å². The Morgan fingerprint density at radius 2 is 1.77 bits per heavy atom. The molecular weight excluding hydrogens is 382 g/mol. The first-order chi connectivity index (χ1) is 14.5. The maximum absolute atomic E-state index is 12.6. The van der Waals surface area contributed by atoms with Crippen molar-refractivity contribution >= 4 is 11.9 Å². The van der Waals surface area contributed by atoms with E-state index in [1.165, 1.54) is 30.5 Å². The zero-order valence-electron chi connectivity index (χ0n) is 17.0. The van der Waals surface area contributed by atoms with Gasteiger partial charge in [-0.1, -0.05) is 24.3 Å². The van der Waals surface area contributed by atoms with Crippen LogP contribution in [-0.4, -0.2) is 35.7 Å². The van der Waals surface area contributed by atoms with Gasteiger partial charge < -0.3 is 19.9 Å². The van der Waals surface area contributed by atoms with E-state index in [1.807, 2.05) is 6.92 Å². The second kappa shape index (κ2) is 8.88. The smallest absolute Gasteiger partial charge is 0.335 e. The van der Waals surface area contributed by atoms with Crippen molar-refractivity contribution in [2.45, 2.75) is 56.8 Å². The molecule has 2 aliphatic rings. The summed E-state index contributed by atoms with van der Waals surface area (Å²) < 4.78 is 11.7. The highest BCUT2D eigenvalue weighted by Gasteiger charge is 2.29. The first-order valence-electron chi connectivity index (χ1n) is 10.5. The summed E-state index contributed by atoms with van der Waals surface area (Å²) >= 11 is 0. The molecular formula is C24H27NO5. The molecule has 2 N–H and O–H groups in total. The number of carbonyl (C=O) groups excluding carboxylic acids is 1. The number of rotatable bonds is 8. The highest BCUT2D eigenvalue weighted by atomic mass is 16.5. The molecule has 2 fully saturated rings. The third-order valence-corrected chi connectivity index (χ3v) is 5.72.